The molecule has 0 saturated heterocycles. The van der Waals surface area contributed by atoms with E-state index in [9.17, 15) is 14.0 Å². The Morgan fingerprint density at radius 1 is 1.06 bits per heavy atom. The molecule has 34 heavy (non-hydrogen) atoms. The van der Waals surface area contributed by atoms with Crippen LogP contribution in [-0.4, -0.2) is 40.0 Å². The van der Waals surface area contributed by atoms with Crippen LogP contribution in [0, 0.1) is 5.82 Å². The molecule has 2 aromatic carbocycles. The van der Waals surface area contributed by atoms with Crippen molar-refractivity contribution >= 4 is 35.5 Å². The Morgan fingerprint density at radius 2 is 1.79 bits per heavy atom. The number of urea groups is 1. The lowest BCUT2D eigenvalue weighted by atomic mass is 10.0. The molecule has 7 nitrogen and oxygen atoms in total. The highest BCUT2D eigenvalue weighted by atomic mass is 32.2. The number of hydrogen-bond acceptors (Lipinski definition) is 5. The van der Waals surface area contributed by atoms with E-state index in [0.717, 1.165) is 29.7 Å². The number of fused-ring (bicyclic) bond motifs is 1. The normalized spacial score (nSPS) is 16.0. The Balaban J connectivity index is 1.26. The number of carbonyl (C=O) groups excluding carboxylic acids is 2. The number of hydrogen-bond donors (Lipinski definition) is 2. The van der Waals surface area contributed by atoms with Gasteiger partial charge >= 0.3 is 12.1 Å². The molecule has 180 valence electrons. The predicted molar refractivity (Wildman–Crippen MR) is 132 cm³/mol. The van der Waals surface area contributed by atoms with Gasteiger partial charge in [0.2, 0.25) is 0 Å². The first-order valence-corrected chi connectivity index (χ1v) is 12.0. The van der Waals surface area contributed by atoms with Crippen LogP contribution >= 0.6 is 12.1 Å². The van der Waals surface area contributed by atoms with Crippen molar-refractivity contribution in [1.82, 2.24) is 13.9 Å². The third-order valence-corrected chi connectivity index (χ3v) is 6.36. The van der Waals surface area contributed by atoms with Gasteiger partial charge in [0.15, 0.2) is 0 Å². The number of benzene rings is 2. The fourth-order valence-electron chi connectivity index (χ4n) is 3.87. The first kappa shape index (κ1) is 24.1. The average molecular weight is 485 g/mol. The van der Waals surface area contributed by atoms with Crippen molar-refractivity contribution in [1.29, 1.82) is 0 Å². The molecule has 2 N–H and O–H groups in total. The van der Waals surface area contributed by atoms with Gasteiger partial charge < -0.3 is 15.0 Å². The average Bonchev–Trinajstić information content (AvgIpc) is 3.21. The minimum absolute atomic E-state index is 0.202. The third-order valence-electron chi connectivity index (χ3n) is 5.51. The van der Waals surface area contributed by atoms with E-state index in [1.807, 2.05) is 45.0 Å². The molecule has 0 radical (unpaired) electrons. The standard InChI is InChI=1S/C25H29FN4O3S/c1-25(2,3)33-24(32)28-34-30-12-10-18(11-13-30)17-5-8-22(9-6-17)27-23(31)29-15-19-4-7-21(26)14-20(19)16-29/h4-10,14H,11-13,15-16H2,1-3H3,(H,27,31)(H,28,32). The summed E-state index contributed by atoms with van der Waals surface area (Å²) in [5.41, 5.74) is 4.35. The number of amides is 3. The molecule has 0 spiro atoms. The van der Waals surface area contributed by atoms with Crippen LogP contribution in [-0.2, 0) is 17.8 Å². The number of nitrogens with one attached hydrogen (secondary N) is 2. The Bertz CT molecular complexity index is 1100. The molecule has 3 amide bonds. The molecule has 0 aromatic heterocycles. The number of nitrogens with zero attached hydrogens (tertiary/aromatic N) is 2. The van der Waals surface area contributed by atoms with Gasteiger partial charge in [-0.1, -0.05) is 24.3 Å². The van der Waals surface area contributed by atoms with E-state index in [-0.39, 0.29) is 11.8 Å². The number of ether oxygens (including phenoxy) is 1. The molecule has 0 fully saturated rings. The molecule has 9 heteroatoms. The Kier molecular flexibility index (Phi) is 7.13. The van der Waals surface area contributed by atoms with E-state index < -0.39 is 11.7 Å². The summed E-state index contributed by atoms with van der Waals surface area (Å²) in [6.45, 7) is 7.86. The van der Waals surface area contributed by atoms with E-state index in [4.69, 9.17) is 4.74 Å². The lowest BCUT2D eigenvalue weighted by molar-refractivity contribution is 0.0573. The van der Waals surface area contributed by atoms with Crippen molar-refractivity contribution in [2.24, 2.45) is 0 Å². The molecule has 4 rings (SSSR count). The lowest BCUT2D eigenvalue weighted by Crippen LogP contribution is -2.33. The summed E-state index contributed by atoms with van der Waals surface area (Å²) in [4.78, 5) is 26.1. The fraction of sp³-hybridized carbons (Fsp3) is 0.360. The van der Waals surface area contributed by atoms with Crippen LogP contribution in [0.25, 0.3) is 5.57 Å². The van der Waals surface area contributed by atoms with Crippen LogP contribution in [0.3, 0.4) is 0 Å². The third kappa shape index (κ3) is 6.30. The van der Waals surface area contributed by atoms with Crippen molar-refractivity contribution < 1.29 is 18.7 Å². The summed E-state index contributed by atoms with van der Waals surface area (Å²) in [5, 5.41) is 2.92. The van der Waals surface area contributed by atoms with Crippen LogP contribution in [0.2, 0.25) is 0 Å². The van der Waals surface area contributed by atoms with Crippen LogP contribution in [0.4, 0.5) is 19.7 Å². The molecule has 0 unspecified atom stereocenters. The Morgan fingerprint density at radius 3 is 2.47 bits per heavy atom. The summed E-state index contributed by atoms with van der Waals surface area (Å²) in [6.07, 6.45) is 2.54. The fourth-order valence-corrected chi connectivity index (χ4v) is 4.45. The quantitative estimate of drug-likeness (QED) is 0.557. The van der Waals surface area contributed by atoms with Crippen molar-refractivity contribution in [2.75, 3.05) is 18.4 Å². The molecule has 2 aliphatic heterocycles. The van der Waals surface area contributed by atoms with Gasteiger partial charge in [0, 0.05) is 44.0 Å². The lowest BCUT2D eigenvalue weighted by Gasteiger charge is -2.26. The zero-order valence-corrected chi connectivity index (χ0v) is 20.4. The van der Waals surface area contributed by atoms with Crippen LogP contribution in [0.15, 0.2) is 48.5 Å². The topological polar surface area (TPSA) is 73.9 Å². The number of rotatable bonds is 4. The summed E-state index contributed by atoms with van der Waals surface area (Å²) in [5.74, 6) is -0.283. The number of halogens is 1. The highest BCUT2D eigenvalue weighted by Gasteiger charge is 2.24. The van der Waals surface area contributed by atoms with E-state index in [2.05, 4.69) is 20.4 Å². The maximum atomic E-state index is 13.4. The van der Waals surface area contributed by atoms with Gasteiger partial charge in [-0.15, -0.1) is 0 Å². The summed E-state index contributed by atoms with van der Waals surface area (Å²) in [6, 6.07) is 12.2. The summed E-state index contributed by atoms with van der Waals surface area (Å²) in [7, 11) is 0. The molecule has 2 heterocycles. The van der Waals surface area contributed by atoms with Gasteiger partial charge in [-0.05, 0) is 73.7 Å². The van der Waals surface area contributed by atoms with Crippen LogP contribution in [0.1, 0.15) is 43.9 Å². The number of anilines is 1. The highest BCUT2D eigenvalue weighted by Crippen LogP contribution is 2.27. The van der Waals surface area contributed by atoms with Gasteiger partial charge in [-0.25, -0.2) is 18.3 Å². The molecule has 0 atom stereocenters. The summed E-state index contributed by atoms with van der Waals surface area (Å²) >= 11 is 1.25. The Hall–Kier alpha value is -3.04. The zero-order valence-electron chi connectivity index (χ0n) is 19.6. The number of carbonyl (C=O) groups is 2. The second-order valence-corrected chi connectivity index (χ2v) is 10.2. The van der Waals surface area contributed by atoms with Gasteiger partial charge in [-0.2, -0.15) is 0 Å². The van der Waals surface area contributed by atoms with Crippen molar-refractivity contribution in [3.05, 3.63) is 71.0 Å². The van der Waals surface area contributed by atoms with Crippen molar-refractivity contribution in [3.8, 4) is 0 Å². The van der Waals surface area contributed by atoms with Gasteiger partial charge in [0.05, 0.1) is 0 Å². The van der Waals surface area contributed by atoms with E-state index in [0.29, 0.717) is 25.3 Å². The molecule has 2 aliphatic rings. The van der Waals surface area contributed by atoms with Crippen LogP contribution in [0.5, 0.6) is 0 Å². The maximum absolute atomic E-state index is 13.4. The minimum atomic E-state index is -0.524. The molecule has 0 saturated carbocycles. The maximum Gasteiger partial charge on any atom is 0.418 e. The van der Waals surface area contributed by atoms with Gasteiger partial charge in [0.1, 0.15) is 11.4 Å². The van der Waals surface area contributed by atoms with E-state index in [1.54, 1.807) is 11.0 Å². The van der Waals surface area contributed by atoms with E-state index >= 15 is 0 Å². The molecule has 2 aromatic rings. The largest absolute Gasteiger partial charge is 0.443 e. The SMILES string of the molecule is CC(C)(C)OC(=O)NSN1CC=C(c2ccc(NC(=O)N3Cc4ccc(F)cc4C3)cc2)CC1. The van der Waals surface area contributed by atoms with E-state index in [1.165, 1.54) is 29.8 Å². The second kappa shape index (κ2) is 10.1. The minimum Gasteiger partial charge on any atom is -0.443 e. The summed E-state index contributed by atoms with van der Waals surface area (Å²) < 4.78 is 23.4. The smallest absolute Gasteiger partial charge is 0.418 e. The van der Waals surface area contributed by atoms with Crippen molar-refractivity contribution in [3.63, 3.8) is 0 Å². The molecular formula is C25H29FN4O3S. The monoisotopic (exact) mass is 484 g/mol. The predicted octanol–water partition coefficient (Wildman–Crippen LogP) is 5.55. The zero-order chi connectivity index (χ0) is 24.3. The van der Waals surface area contributed by atoms with Crippen LogP contribution < -0.4 is 10.0 Å². The first-order chi connectivity index (χ1) is 16.2. The highest BCUT2D eigenvalue weighted by molar-refractivity contribution is 7.95. The van der Waals surface area contributed by atoms with Crippen molar-refractivity contribution in [2.45, 2.75) is 45.9 Å². The molecule has 0 aliphatic carbocycles. The second-order valence-electron chi connectivity index (χ2n) is 9.34. The molecule has 0 bridgehead atoms. The first-order valence-electron chi connectivity index (χ1n) is 11.2. The Labute approximate surface area is 203 Å². The van der Waals surface area contributed by atoms with Gasteiger partial charge in [-0.3, -0.25) is 4.72 Å². The van der Waals surface area contributed by atoms with Gasteiger partial charge in [0.25, 0.3) is 0 Å². The molecular weight excluding hydrogens is 455 g/mol.